The molecule has 1 heterocycles. The third-order valence-corrected chi connectivity index (χ3v) is 1.92. The van der Waals surface area contributed by atoms with Gasteiger partial charge in [0.05, 0.1) is 17.6 Å². The summed E-state index contributed by atoms with van der Waals surface area (Å²) in [5, 5.41) is 2.67. The van der Waals surface area contributed by atoms with Crippen LogP contribution in [0.1, 0.15) is 0 Å². The van der Waals surface area contributed by atoms with Crippen molar-refractivity contribution in [1.29, 1.82) is 0 Å². The van der Waals surface area contributed by atoms with E-state index in [4.69, 9.17) is 11.6 Å². The molecule has 1 N–H and O–H groups in total. The van der Waals surface area contributed by atoms with Crippen LogP contribution in [-0.2, 0) is 4.79 Å². The average Bonchev–Trinajstić information content (AvgIpc) is 2.18. The number of nitrogens with zero attached hydrogens (tertiary/aromatic N) is 2. The minimum absolute atomic E-state index is 0.0538. The first kappa shape index (κ1) is 10.8. The molecule has 0 aliphatic rings. The number of carbonyl (C=O) groups excluding carboxylic acids is 1. The third kappa shape index (κ3) is 2.60. The Morgan fingerprint density at radius 2 is 2.36 bits per heavy atom. The van der Waals surface area contributed by atoms with Crippen molar-refractivity contribution in [2.75, 3.05) is 30.2 Å². The predicted octanol–water partition coefficient (Wildman–Crippen LogP) is 1.32. The maximum Gasteiger partial charge on any atom is 0.239 e. The Bertz CT molecular complexity index is 328. The van der Waals surface area contributed by atoms with Gasteiger partial charge in [0.1, 0.15) is 5.88 Å². The summed E-state index contributed by atoms with van der Waals surface area (Å²) in [7, 11) is 3.79. The SMILES string of the molecule is CN(C)c1ccncc1NC(=O)CCl. The molecule has 0 aromatic carbocycles. The maximum absolute atomic E-state index is 11.1. The summed E-state index contributed by atoms with van der Waals surface area (Å²) >= 11 is 5.39. The van der Waals surface area contributed by atoms with E-state index in [2.05, 4.69) is 10.3 Å². The largest absolute Gasteiger partial charge is 0.376 e. The predicted molar refractivity (Wildman–Crippen MR) is 57.9 cm³/mol. The number of nitrogens with one attached hydrogen (secondary N) is 1. The lowest BCUT2D eigenvalue weighted by Crippen LogP contribution is -2.17. The highest BCUT2D eigenvalue weighted by molar-refractivity contribution is 6.29. The zero-order chi connectivity index (χ0) is 10.6. The van der Waals surface area contributed by atoms with Crippen LogP contribution in [0.15, 0.2) is 18.5 Å². The van der Waals surface area contributed by atoms with E-state index < -0.39 is 0 Å². The molecule has 0 saturated heterocycles. The van der Waals surface area contributed by atoms with Crippen LogP contribution in [0.4, 0.5) is 11.4 Å². The lowest BCUT2D eigenvalue weighted by Gasteiger charge is -2.16. The summed E-state index contributed by atoms with van der Waals surface area (Å²) in [6.07, 6.45) is 3.27. The Morgan fingerprint density at radius 3 is 2.93 bits per heavy atom. The van der Waals surface area contributed by atoms with Crippen molar-refractivity contribution in [3.63, 3.8) is 0 Å². The van der Waals surface area contributed by atoms with Gasteiger partial charge in [0.15, 0.2) is 0 Å². The van der Waals surface area contributed by atoms with Crippen molar-refractivity contribution in [1.82, 2.24) is 4.98 Å². The molecular formula is C9H12ClN3O. The van der Waals surface area contributed by atoms with Crippen LogP contribution < -0.4 is 10.2 Å². The minimum Gasteiger partial charge on any atom is -0.376 e. The molecule has 0 fully saturated rings. The van der Waals surface area contributed by atoms with E-state index in [0.717, 1.165) is 5.69 Å². The highest BCUT2D eigenvalue weighted by Crippen LogP contribution is 2.21. The zero-order valence-corrected chi connectivity index (χ0v) is 8.88. The van der Waals surface area contributed by atoms with Crippen molar-refractivity contribution in [3.05, 3.63) is 18.5 Å². The third-order valence-electron chi connectivity index (χ3n) is 1.68. The van der Waals surface area contributed by atoms with E-state index in [9.17, 15) is 4.79 Å². The number of anilines is 2. The molecule has 0 saturated carbocycles. The van der Waals surface area contributed by atoms with E-state index >= 15 is 0 Å². The van der Waals surface area contributed by atoms with Gasteiger partial charge >= 0.3 is 0 Å². The van der Waals surface area contributed by atoms with Crippen LogP contribution >= 0.6 is 11.6 Å². The van der Waals surface area contributed by atoms with Crippen molar-refractivity contribution >= 4 is 28.9 Å². The van der Waals surface area contributed by atoms with Crippen LogP contribution in [0, 0.1) is 0 Å². The van der Waals surface area contributed by atoms with E-state index in [-0.39, 0.29) is 11.8 Å². The first-order valence-electron chi connectivity index (χ1n) is 4.12. The molecule has 0 bridgehead atoms. The second-order valence-electron chi connectivity index (χ2n) is 2.97. The highest BCUT2D eigenvalue weighted by atomic mass is 35.5. The molecule has 0 radical (unpaired) electrons. The van der Waals surface area contributed by atoms with E-state index in [1.807, 2.05) is 25.1 Å². The Hall–Kier alpha value is -1.29. The van der Waals surface area contributed by atoms with Crippen molar-refractivity contribution in [2.45, 2.75) is 0 Å². The number of amides is 1. The Labute approximate surface area is 87.9 Å². The summed E-state index contributed by atoms with van der Waals surface area (Å²) in [5.41, 5.74) is 1.57. The molecule has 1 aromatic heterocycles. The first-order chi connectivity index (χ1) is 6.65. The maximum atomic E-state index is 11.1. The molecule has 5 heteroatoms. The Kier molecular flexibility index (Phi) is 3.71. The molecule has 0 spiro atoms. The standard InChI is InChI=1S/C9H12ClN3O/c1-13(2)8-3-4-11-6-7(8)12-9(14)5-10/h3-4,6H,5H2,1-2H3,(H,12,14). The topological polar surface area (TPSA) is 45.2 Å². The van der Waals surface area contributed by atoms with Gasteiger partial charge in [-0.25, -0.2) is 0 Å². The summed E-state index contributed by atoms with van der Waals surface area (Å²) < 4.78 is 0. The molecule has 0 unspecified atom stereocenters. The molecule has 0 aliphatic carbocycles. The van der Waals surface area contributed by atoms with Gasteiger partial charge in [-0.1, -0.05) is 0 Å². The van der Waals surface area contributed by atoms with Gasteiger partial charge in [0.2, 0.25) is 5.91 Å². The number of carbonyl (C=O) groups is 1. The van der Waals surface area contributed by atoms with Gasteiger partial charge in [0, 0.05) is 20.3 Å². The van der Waals surface area contributed by atoms with Gasteiger partial charge in [-0.3, -0.25) is 9.78 Å². The first-order valence-corrected chi connectivity index (χ1v) is 4.65. The summed E-state index contributed by atoms with van der Waals surface area (Å²) in [6.45, 7) is 0. The van der Waals surface area contributed by atoms with Gasteiger partial charge in [-0.2, -0.15) is 0 Å². The van der Waals surface area contributed by atoms with Crippen LogP contribution in [0.25, 0.3) is 0 Å². The van der Waals surface area contributed by atoms with E-state index in [1.165, 1.54) is 0 Å². The second kappa shape index (κ2) is 4.81. The molecule has 4 nitrogen and oxygen atoms in total. The minimum atomic E-state index is -0.234. The van der Waals surface area contributed by atoms with Crippen molar-refractivity contribution in [2.24, 2.45) is 0 Å². The van der Waals surface area contributed by atoms with Gasteiger partial charge in [-0.05, 0) is 6.07 Å². The number of hydrogen-bond acceptors (Lipinski definition) is 3. The lowest BCUT2D eigenvalue weighted by atomic mass is 10.3. The monoisotopic (exact) mass is 213 g/mol. The average molecular weight is 214 g/mol. The molecule has 1 amide bonds. The fraction of sp³-hybridized carbons (Fsp3) is 0.333. The Morgan fingerprint density at radius 1 is 1.64 bits per heavy atom. The van der Waals surface area contributed by atoms with E-state index in [0.29, 0.717) is 5.69 Å². The van der Waals surface area contributed by atoms with Gasteiger partial charge in [0.25, 0.3) is 0 Å². The fourth-order valence-electron chi connectivity index (χ4n) is 1.06. The lowest BCUT2D eigenvalue weighted by molar-refractivity contribution is -0.113. The molecule has 0 aliphatic heterocycles. The summed E-state index contributed by atoms with van der Waals surface area (Å²) in [6, 6.07) is 1.82. The second-order valence-corrected chi connectivity index (χ2v) is 3.24. The zero-order valence-electron chi connectivity index (χ0n) is 8.12. The van der Waals surface area contributed by atoms with Gasteiger partial charge < -0.3 is 10.2 Å². The quantitative estimate of drug-likeness (QED) is 0.771. The Balaban J connectivity index is 2.90. The van der Waals surface area contributed by atoms with Crippen molar-refractivity contribution in [3.8, 4) is 0 Å². The number of pyridine rings is 1. The number of alkyl halides is 1. The highest BCUT2D eigenvalue weighted by Gasteiger charge is 2.06. The van der Waals surface area contributed by atoms with E-state index in [1.54, 1.807) is 12.4 Å². The molecule has 1 aromatic rings. The molecule has 0 atom stereocenters. The smallest absolute Gasteiger partial charge is 0.239 e. The molecular weight excluding hydrogens is 202 g/mol. The molecule has 76 valence electrons. The van der Waals surface area contributed by atoms with Crippen LogP contribution in [0.2, 0.25) is 0 Å². The van der Waals surface area contributed by atoms with Crippen molar-refractivity contribution < 1.29 is 4.79 Å². The number of aromatic nitrogens is 1. The number of hydrogen-bond donors (Lipinski definition) is 1. The molecule has 1 rings (SSSR count). The molecule has 14 heavy (non-hydrogen) atoms. The number of halogens is 1. The summed E-state index contributed by atoms with van der Waals surface area (Å²) in [4.78, 5) is 16.9. The number of rotatable bonds is 3. The van der Waals surface area contributed by atoms with Crippen LogP contribution in [0.3, 0.4) is 0 Å². The summed E-state index contributed by atoms with van der Waals surface area (Å²) in [5.74, 6) is -0.287. The van der Waals surface area contributed by atoms with Crippen LogP contribution in [-0.4, -0.2) is 30.9 Å². The van der Waals surface area contributed by atoms with Crippen LogP contribution in [0.5, 0.6) is 0 Å². The normalized spacial score (nSPS) is 9.64. The van der Waals surface area contributed by atoms with Gasteiger partial charge in [-0.15, -0.1) is 11.6 Å². The fourth-order valence-corrected chi connectivity index (χ4v) is 1.12.